The van der Waals surface area contributed by atoms with E-state index in [4.69, 9.17) is 14.2 Å². The summed E-state index contributed by atoms with van der Waals surface area (Å²) in [4.78, 5) is 49.0. The quantitative estimate of drug-likeness (QED) is 0.288. The average Bonchev–Trinajstić information content (AvgIpc) is 3.01. The van der Waals surface area contributed by atoms with Gasteiger partial charge in [0.15, 0.2) is 17.8 Å². The minimum Gasteiger partial charge on any atom is -0.493 e. The molecule has 1 fully saturated rings. The highest BCUT2D eigenvalue weighted by Crippen LogP contribution is 2.34. The Hall–Kier alpha value is -3.59. The fourth-order valence-electron chi connectivity index (χ4n) is 2.69. The fraction of sp³-hybridized carbons (Fsp3) is 0.143. The normalized spacial score (nSPS) is 14.7. The molecule has 30 heavy (non-hydrogen) atoms. The predicted molar refractivity (Wildman–Crippen MR) is 110 cm³/mol. The van der Waals surface area contributed by atoms with Crippen LogP contribution in [0, 0.1) is 0 Å². The third kappa shape index (κ3) is 4.52. The molecule has 154 valence electrons. The number of hydrogen-bond donors (Lipinski definition) is 0. The first-order valence-corrected chi connectivity index (χ1v) is 9.50. The van der Waals surface area contributed by atoms with Crippen LogP contribution in [0.5, 0.6) is 17.2 Å². The second kappa shape index (κ2) is 9.27. The average molecular weight is 427 g/mol. The van der Waals surface area contributed by atoms with Gasteiger partial charge in [-0.2, -0.15) is 0 Å². The van der Waals surface area contributed by atoms with Gasteiger partial charge < -0.3 is 14.2 Å². The minimum atomic E-state index is -0.834. The van der Waals surface area contributed by atoms with Gasteiger partial charge in [0.1, 0.15) is 12.3 Å². The zero-order chi connectivity index (χ0) is 21.7. The maximum absolute atomic E-state index is 12.6. The van der Waals surface area contributed by atoms with Crippen LogP contribution in [0.3, 0.4) is 0 Å². The number of benzene rings is 2. The SMILES string of the molecule is COc1ccc(C=C2SC(=O)N(CC(=O)Oc3ccccc3C=O)C2=O)cc1OC. The molecule has 2 aromatic carbocycles. The van der Waals surface area contributed by atoms with E-state index in [0.717, 1.165) is 16.7 Å². The van der Waals surface area contributed by atoms with Crippen LogP contribution < -0.4 is 14.2 Å². The molecule has 0 bridgehead atoms. The molecule has 0 atom stereocenters. The van der Waals surface area contributed by atoms with E-state index in [1.54, 1.807) is 30.3 Å². The number of thioether (sulfide) groups is 1. The summed E-state index contributed by atoms with van der Waals surface area (Å²) in [6.07, 6.45) is 2.08. The maximum atomic E-state index is 12.6. The van der Waals surface area contributed by atoms with Crippen molar-refractivity contribution in [3.8, 4) is 17.2 Å². The molecule has 3 rings (SSSR count). The Kier molecular flexibility index (Phi) is 6.53. The van der Waals surface area contributed by atoms with Crippen LogP contribution in [0.15, 0.2) is 47.4 Å². The monoisotopic (exact) mass is 427 g/mol. The summed E-state index contributed by atoms with van der Waals surface area (Å²) in [5.74, 6) is -0.381. The van der Waals surface area contributed by atoms with E-state index < -0.39 is 23.7 Å². The molecular formula is C21H17NO7S. The van der Waals surface area contributed by atoms with Gasteiger partial charge in [-0.25, -0.2) is 4.79 Å². The van der Waals surface area contributed by atoms with Crippen molar-refractivity contribution in [2.24, 2.45) is 0 Å². The van der Waals surface area contributed by atoms with Gasteiger partial charge in [0.2, 0.25) is 0 Å². The molecule has 1 saturated heterocycles. The van der Waals surface area contributed by atoms with Crippen LogP contribution in [-0.2, 0) is 9.59 Å². The first kappa shape index (κ1) is 21.1. The van der Waals surface area contributed by atoms with E-state index in [-0.39, 0.29) is 16.2 Å². The first-order chi connectivity index (χ1) is 14.5. The number of aldehydes is 1. The van der Waals surface area contributed by atoms with Crippen molar-refractivity contribution < 1.29 is 33.4 Å². The van der Waals surface area contributed by atoms with Crippen molar-refractivity contribution in [2.45, 2.75) is 0 Å². The van der Waals surface area contributed by atoms with Crippen molar-refractivity contribution in [1.29, 1.82) is 0 Å². The highest BCUT2D eigenvalue weighted by atomic mass is 32.2. The molecule has 0 unspecified atom stereocenters. The summed E-state index contributed by atoms with van der Waals surface area (Å²) in [6, 6.07) is 11.2. The van der Waals surface area contributed by atoms with Crippen LogP contribution >= 0.6 is 11.8 Å². The molecule has 1 aliphatic rings. The molecule has 0 aromatic heterocycles. The number of para-hydroxylation sites is 1. The third-order valence-electron chi connectivity index (χ3n) is 4.14. The summed E-state index contributed by atoms with van der Waals surface area (Å²) < 4.78 is 15.5. The first-order valence-electron chi connectivity index (χ1n) is 8.69. The Morgan fingerprint density at radius 3 is 2.47 bits per heavy atom. The number of hydrogen-bond acceptors (Lipinski definition) is 8. The molecule has 2 amide bonds. The Labute approximate surface area is 176 Å². The lowest BCUT2D eigenvalue weighted by Gasteiger charge is -2.12. The molecule has 0 spiro atoms. The van der Waals surface area contributed by atoms with E-state index in [0.29, 0.717) is 23.3 Å². The van der Waals surface area contributed by atoms with Crippen LogP contribution in [0.4, 0.5) is 4.79 Å². The number of rotatable bonds is 7. The number of carbonyl (C=O) groups excluding carboxylic acids is 4. The van der Waals surface area contributed by atoms with Gasteiger partial charge in [0.25, 0.3) is 11.1 Å². The van der Waals surface area contributed by atoms with Crippen LogP contribution in [0.25, 0.3) is 6.08 Å². The topological polar surface area (TPSA) is 99.2 Å². The van der Waals surface area contributed by atoms with Gasteiger partial charge in [-0.3, -0.25) is 19.3 Å². The molecule has 2 aromatic rings. The van der Waals surface area contributed by atoms with Crippen molar-refractivity contribution in [2.75, 3.05) is 20.8 Å². The van der Waals surface area contributed by atoms with Gasteiger partial charge in [-0.15, -0.1) is 0 Å². The lowest BCUT2D eigenvalue weighted by Crippen LogP contribution is -2.35. The predicted octanol–water partition coefficient (Wildman–Crippen LogP) is 3.16. The second-order valence-corrected chi connectivity index (χ2v) is 7.01. The van der Waals surface area contributed by atoms with Crippen molar-refractivity contribution in [3.05, 3.63) is 58.5 Å². The van der Waals surface area contributed by atoms with Crippen molar-refractivity contribution >= 4 is 41.2 Å². The molecule has 1 heterocycles. The van der Waals surface area contributed by atoms with E-state index in [2.05, 4.69) is 0 Å². The summed E-state index contributed by atoms with van der Waals surface area (Å²) in [7, 11) is 3.00. The zero-order valence-electron chi connectivity index (χ0n) is 16.1. The standard InChI is InChI=1S/C21H17NO7S/c1-27-16-8-7-13(9-17(16)28-2)10-18-20(25)22(21(26)30-18)11-19(24)29-15-6-4-3-5-14(15)12-23/h3-10,12H,11H2,1-2H3. The number of carbonyl (C=O) groups is 4. The van der Waals surface area contributed by atoms with Crippen LogP contribution in [0.1, 0.15) is 15.9 Å². The lowest BCUT2D eigenvalue weighted by atomic mass is 10.2. The fourth-order valence-corrected chi connectivity index (χ4v) is 3.52. The molecule has 1 aliphatic heterocycles. The van der Waals surface area contributed by atoms with Gasteiger partial charge >= 0.3 is 5.97 Å². The zero-order valence-corrected chi connectivity index (χ0v) is 16.9. The highest BCUT2D eigenvalue weighted by Gasteiger charge is 2.36. The van der Waals surface area contributed by atoms with Crippen molar-refractivity contribution in [3.63, 3.8) is 0 Å². The summed E-state index contributed by atoms with van der Waals surface area (Å²) in [5, 5.41) is -0.590. The smallest absolute Gasteiger partial charge is 0.331 e. The Morgan fingerprint density at radius 1 is 1.03 bits per heavy atom. The van der Waals surface area contributed by atoms with Gasteiger partial charge in [0.05, 0.1) is 24.7 Å². The Bertz CT molecular complexity index is 1050. The van der Waals surface area contributed by atoms with Gasteiger partial charge in [-0.05, 0) is 47.7 Å². The molecule has 0 N–H and O–H groups in total. The molecular weight excluding hydrogens is 410 g/mol. The number of nitrogens with zero attached hydrogens (tertiary/aromatic N) is 1. The number of esters is 1. The molecule has 0 aliphatic carbocycles. The van der Waals surface area contributed by atoms with E-state index in [1.807, 2.05) is 0 Å². The number of imide groups is 1. The number of amides is 2. The lowest BCUT2D eigenvalue weighted by molar-refractivity contribution is -0.138. The Balaban J connectivity index is 1.74. The maximum Gasteiger partial charge on any atom is 0.331 e. The van der Waals surface area contributed by atoms with E-state index in [1.165, 1.54) is 32.4 Å². The number of ether oxygens (including phenoxy) is 3. The molecule has 0 radical (unpaired) electrons. The highest BCUT2D eigenvalue weighted by molar-refractivity contribution is 8.18. The third-order valence-corrected chi connectivity index (χ3v) is 5.04. The summed E-state index contributed by atoms with van der Waals surface area (Å²) in [5.41, 5.74) is 0.814. The molecule has 0 saturated carbocycles. The summed E-state index contributed by atoms with van der Waals surface area (Å²) >= 11 is 0.719. The van der Waals surface area contributed by atoms with Crippen LogP contribution in [-0.4, -0.2) is 49.1 Å². The number of methoxy groups -OCH3 is 2. The largest absolute Gasteiger partial charge is 0.493 e. The second-order valence-electron chi connectivity index (χ2n) is 6.01. The van der Waals surface area contributed by atoms with Crippen LogP contribution in [0.2, 0.25) is 0 Å². The van der Waals surface area contributed by atoms with E-state index >= 15 is 0 Å². The van der Waals surface area contributed by atoms with Gasteiger partial charge in [-0.1, -0.05) is 18.2 Å². The molecule has 8 nitrogen and oxygen atoms in total. The van der Waals surface area contributed by atoms with Crippen molar-refractivity contribution in [1.82, 2.24) is 4.90 Å². The Morgan fingerprint density at radius 2 is 1.77 bits per heavy atom. The molecule has 9 heteroatoms. The van der Waals surface area contributed by atoms with E-state index in [9.17, 15) is 19.2 Å². The van der Waals surface area contributed by atoms with Gasteiger partial charge in [0, 0.05) is 0 Å². The minimum absolute atomic E-state index is 0.0605. The summed E-state index contributed by atoms with van der Waals surface area (Å²) in [6.45, 7) is -0.568.